The summed E-state index contributed by atoms with van der Waals surface area (Å²) in [4.78, 5) is 8.97. The first-order chi connectivity index (χ1) is 15.2. The third-order valence-corrected chi connectivity index (χ3v) is 6.33. The summed E-state index contributed by atoms with van der Waals surface area (Å²) in [5.74, 6) is 0.835. The molecule has 0 saturated heterocycles. The molecule has 0 aliphatic carbocycles. The summed E-state index contributed by atoms with van der Waals surface area (Å²) in [5.41, 5.74) is 5.20. The SMILES string of the molecule is COc1ccc(C2CC(c3ccc(Cl)cc3)=NN2c2nc(-c3ccncc3)cs2)cc1. The Morgan fingerprint density at radius 3 is 2.42 bits per heavy atom. The third kappa shape index (κ3) is 4.04. The lowest BCUT2D eigenvalue weighted by Crippen LogP contribution is -2.18. The summed E-state index contributed by atoms with van der Waals surface area (Å²) in [7, 11) is 1.68. The lowest BCUT2D eigenvalue weighted by molar-refractivity contribution is 0.414. The molecule has 1 unspecified atom stereocenters. The fraction of sp³-hybridized carbons (Fsp3) is 0.125. The molecule has 2 aromatic carbocycles. The van der Waals surface area contributed by atoms with Crippen LogP contribution in [0.4, 0.5) is 5.13 Å². The van der Waals surface area contributed by atoms with E-state index >= 15 is 0 Å². The number of nitrogens with zero attached hydrogens (tertiary/aromatic N) is 4. The van der Waals surface area contributed by atoms with Gasteiger partial charge in [-0.05, 0) is 47.5 Å². The zero-order valence-electron chi connectivity index (χ0n) is 16.8. The average Bonchev–Trinajstić information content (AvgIpc) is 3.48. The number of hydrogen-bond acceptors (Lipinski definition) is 6. The Morgan fingerprint density at radius 1 is 0.968 bits per heavy atom. The summed E-state index contributed by atoms with van der Waals surface area (Å²) in [6.45, 7) is 0. The van der Waals surface area contributed by atoms with Crippen LogP contribution >= 0.6 is 22.9 Å². The maximum atomic E-state index is 6.08. The smallest absolute Gasteiger partial charge is 0.207 e. The van der Waals surface area contributed by atoms with E-state index in [2.05, 4.69) is 22.5 Å². The highest BCUT2D eigenvalue weighted by atomic mass is 35.5. The van der Waals surface area contributed by atoms with Gasteiger partial charge in [0.15, 0.2) is 0 Å². The van der Waals surface area contributed by atoms with Crippen molar-refractivity contribution in [2.75, 3.05) is 12.1 Å². The van der Waals surface area contributed by atoms with Gasteiger partial charge < -0.3 is 4.74 Å². The molecule has 1 atom stereocenters. The highest BCUT2D eigenvalue weighted by Crippen LogP contribution is 2.39. The number of aromatic nitrogens is 2. The molecule has 1 aliphatic heterocycles. The van der Waals surface area contributed by atoms with Crippen LogP contribution in [-0.2, 0) is 0 Å². The van der Waals surface area contributed by atoms with Gasteiger partial charge >= 0.3 is 0 Å². The number of hydrogen-bond donors (Lipinski definition) is 0. The quantitative estimate of drug-likeness (QED) is 0.365. The summed E-state index contributed by atoms with van der Waals surface area (Å²) in [5, 5.41) is 10.6. The molecular weight excluding hydrogens is 428 g/mol. The zero-order valence-corrected chi connectivity index (χ0v) is 18.3. The number of methoxy groups -OCH3 is 1. The standard InChI is InChI=1S/C24H19ClN4OS/c1-30-20-8-4-18(5-9-20)23-14-21(16-2-6-19(25)7-3-16)28-29(23)24-27-22(15-31-24)17-10-12-26-13-11-17/h2-13,15,23H,14H2,1H3. The van der Waals surface area contributed by atoms with Gasteiger partial charge in [-0.3, -0.25) is 4.98 Å². The number of thiazole rings is 1. The van der Waals surface area contributed by atoms with Gasteiger partial charge in [-0.1, -0.05) is 35.9 Å². The predicted molar refractivity (Wildman–Crippen MR) is 126 cm³/mol. The summed E-state index contributed by atoms with van der Waals surface area (Å²) >= 11 is 7.67. The lowest BCUT2D eigenvalue weighted by Gasteiger charge is -2.21. The van der Waals surface area contributed by atoms with Gasteiger partial charge in [0.1, 0.15) is 5.75 Å². The molecule has 0 fully saturated rings. The molecule has 31 heavy (non-hydrogen) atoms. The fourth-order valence-corrected chi connectivity index (χ4v) is 4.57. The zero-order chi connectivity index (χ0) is 21.2. The van der Waals surface area contributed by atoms with E-state index in [0.29, 0.717) is 5.02 Å². The Balaban J connectivity index is 1.52. The van der Waals surface area contributed by atoms with Crippen LogP contribution in [0, 0.1) is 0 Å². The molecular formula is C24H19ClN4OS. The van der Waals surface area contributed by atoms with Crippen LogP contribution in [0.15, 0.2) is 83.5 Å². The van der Waals surface area contributed by atoms with Crippen molar-refractivity contribution in [2.24, 2.45) is 5.10 Å². The van der Waals surface area contributed by atoms with E-state index in [1.807, 2.05) is 53.5 Å². The Labute approximate surface area is 189 Å². The minimum atomic E-state index is 0.0491. The highest BCUT2D eigenvalue weighted by molar-refractivity contribution is 7.14. The van der Waals surface area contributed by atoms with Crippen LogP contribution in [-0.4, -0.2) is 22.8 Å². The van der Waals surface area contributed by atoms with Crippen molar-refractivity contribution in [3.63, 3.8) is 0 Å². The van der Waals surface area contributed by atoms with E-state index in [0.717, 1.165) is 45.4 Å². The van der Waals surface area contributed by atoms with Gasteiger partial charge in [0.2, 0.25) is 5.13 Å². The Kier molecular flexibility index (Phi) is 5.40. The van der Waals surface area contributed by atoms with E-state index in [1.54, 1.807) is 30.8 Å². The van der Waals surface area contributed by atoms with Crippen molar-refractivity contribution >= 4 is 33.8 Å². The second kappa shape index (κ2) is 8.49. The van der Waals surface area contributed by atoms with Gasteiger partial charge in [-0.2, -0.15) is 5.10 Å². The van der Waals surface area contributed by atoms with Gasteiger partial charge in [-0.15, -0.1) is 11.3 Å². The van der Waals surface area contributed by atoms with E-state index in [1.165, 1.54) is 0 Å². The lowest BCUT2D eigenvalue weighted by atomic mass is 9.98. The van der Waals surface area contributed by atoms with Crippen molar-refractivity contribution < 1.29 is 4.74 Å². The number of anilines is 1. The first-order valence-electron chi connectivity index (χ1n) is 9.84. The molecule has 0 spiro atoms. The van der Waals surface area contributed by atoms with Crippen LogP contribution in [0.25, 0.3) is 11.3 Å². The first kappa shape index (κ1) is 19.7. The molecule has 5 rings (SSSR count). The summed E-state index contributed by atoms with van der Waals surface area (Å²) in [6, 6.07) is 20.0. The normalized spacial score (nSPS) is 15.7. The average molecular weight is 447 g/mol. The molecule has 0 bridgehead atoms. The molecule has 7 heteroatoms. The molecule has 2 aromatic heterocycles. The van der Waals surface area contributed by atoms with Crippen LogP contribution < -0.4 is 9.75 Å². The predicted octanol–water partition coefficient (Wildman–Crippen LogP) is 6.22. The van der Waals surface area contributed by atoms with Crippen LogP contribution in [0.1, 0.15) is 23.6 Å². The molecule has 4 aromatic rings. The second-order valence-electron chi connectivity index (χ2n) is 7.14. The van der Waals surface area contributed by atoms with Crippen molar-refractivity contribution in [3.05, 3.63) is 94.6 Å². The van der Waals surface area contributed by atoms with E-state index < -0.39 is 0 Å². The molecule has 5 nitrogen and oxygen atoms in total. The highest BCUT2D eigenvalue weighted by Gasteiger charge is 2.31. The maximum absolute atomic E-state index is 6.08. The maximum Gasteiger partial charge on any atom is 0.207 e. The van der Waals surface area contributed by atoms with Crippen LogP contribution in [0.3, 0.4) is 0 Å². The number of halogens is 1. The number of ether oxygens (including phenoxy) is 1. The summed E-state index contributed by atoms with van der Waals surface area (Å²) in [6.07, 6.45) is 4.33. The van der Waals surface area contributed by atoms with Crippen LogP contribution in [0.2, 0.25) is 5.02 Å². The van der Waals surface area contributed by atoms with Gasteiger partial charge in [-0.25, -0.2) is 9.99 Å². The summed E-state index contributed by atoms with van der Waals surface area (Å²) < 4.78 is 5.33. The van der Waals surface area contributed by atoms with Crippen molar-refractivity contribution in [1.29, 1.82) is 0 Å². The minimum Gasteiger partial charge on any atom is -0.497 e. The third-order valence-electron chi connectivity index (χ3n) is 5.25. The monoisotopic (exact) mass is 446 g/mol. The van der Waals surface area contributed by atoms with Crippen LogP contribution in [0.5, 0.6) is 5.75 Å². The van der Waals surface area contributed by atoms with E-state index in [9.17, 15) is 0 Å². The van der Waals surface area contributed by atoms with Crippen molar-refractivity contribution in [1.82, 2.24) is 9.97 Å². The van der Waals surface area contributed by atoms with Crippen molar-refractivity contribution in [2.45, 2.75) is 12.5 Å². The molecule has 0 amide bonds. The number of rotatable bonds is 5. The number of benzene rings is 2. The van der Waals surface area contributed by atoms with Gasteiger partial charge in [0.05, 0.1) is 24.6 Å². The Morgan fingerprint density at radius 2 is 1.71 bits per heavy atom. The van der Waals surface area contributed by atoms with E-state index in [4.69, 9.17) is 26.4 Å². The second-order valence-corrected chi connectivity index (χ2v) is 8.42. The number of pyridine rings is 1. The minimum absolute atomic E-state index is 0.0491. The van der Waals surface area contributed by atoms with Gasteiger partial charge in [0, 0.05) is 34.8 Å². The molecule has 154 valence electrons. The topological polar surface area (TPSA) is 50.6 Å². The largest absolute Gasteiger partial charge is 0.497 e. The molecule has 0 radical (unpaired) electrons. The van der Waals surface area contributed by atoms with Gasteiger partial charge in [0.25, 0.3) is 0 Å². The van der Waals surface area contributed by atoms with Crippen molar-refractivity contribution in [3.8, 4) is 17.0 Å². The fourth-order valence-electron chi connectivity index (χ4n) is 3.61. The van der Waals surface area contributed by atoms with E-state index in [-0.39, 0.29) is 6.04 Å². The molecule has 0 saturated carbocycles. The molecule has 1 aliphatic rings. The molecule has 0 N–H and O–H groups in total. The Hall–Kier alpha value is -3.22. The Bertz CT molecular complexity index is 1210. The molecule has 3 heterocycles. The first-order valence-corrected chi connectivity index (χ1v) is 11.1. The number of hydrazone groups is 1.